The van der Waals surface area contributed by atoms with Crippen molar-refractivity contribution in [1.29, 1.82) is 0 Å². The first-order valence-corrected chi connectivity index (χ1v) is 12.5. The van der Waals surface area contributed by atoms with Crippen LogP contribution in [-0.4, -0.2) is 19.2 Å². The lowest BCUT2D eigenvalue weighted by atomic mass is 9.98. The number of aryl methyl sites for hydroxylation is 2. The summed E-state index contributed by atoms with van der Waals surface area (Å²) in [6.07, 6.45) is 2.90. The summed E-state index contributed by atoms with van der Waals surface area (Å²) in [5.74, 6) is -0.505. The quantitative estimate of drug-likeness (QED) is 0.250. The minimum Gasteiger partial charge on any atom is -0.342 e. The zero-order valence-corrected chi connectivity index (χ0v) is 20.7. The Morgan fingerprint density at radius 1 is 0.944 bits per heavy atom. The van der Waals surface area contributed by atoms with Crippen LogP contribution in [0.5, 0.6) is 0 Å². The second-order valence-electron chi connectivity index (χ2n) is 8.82. The van der Waals surface area contributed by atoms with E-state index in [9.17, 15) is 8.78 Å². The first-order chi connectivity index (χ1) is 17.5. The molecule has 0 unspecified atom stereocenters. The molecule has 0 atom stereocenters. The number of hydrogen-bond acceptors (Lipinski definition) is 2. The van der Waals surface area contributed by atoms with Gasteiger partial charge in [-0.15, -0.1) is 5.10 Å². The van der Waals surface area contributed by atoms with Crippen LogP contribution in [0.1, 0.15) is 24.1 Å². The molecule has 0 fully saturated rings. The number of benzene rings is 3. The van der Waals surface area contributed by atoms with Gasteiger partial charge in [0.05, 0.1) is 5.69 Å². The van der Waals surface area contributed by atoms with Gasteiger partial charge in [-0.3, -0.25) is 0 Å². The topological polar surface area (TPSA) is 34.3 Å². The van der Waals surface area contributed by atoms with Crippen LogP contribution < -0.4 is 5.32 Å². The second kappa shape index (κ2) is 9.15. The molecule has 1 aliphatic heterocycles. The predicted octanol–water partition coefficient (Wildman–Crippen LogP) is 7.53. The van der Waals surface area contributed by atoms with Gasteiger partial charge < -0.3 is 9.88 Å². The number of nitrogens with zero attached hydrogens (tertiary/aromatic N) is 3. The summed E-state index contributed by atoms with van der Waals surface area (Å²) in [5.41, 5.74) is 5.81. The van der Waals surface area contributed by atoms with Gasteiger partial charge in [0.1, 0.15) is 28.0 Å². The molecule has 1 aliphatic rings. The molecule has 0 bridgehead atoms. The predicted molar refractivity (Wildman–Crippen MR) is 144 cm³/mol. The van der Waals surface area contributed by atoms with Gasteiger partial charge in [-0.2, -0.15) is 0 Å². The standard InChI is InChI=1S/C28H21ClF2N4S/c29-19-11-9-17(10-12-19)24-21-8-4-5-15-34-26(18-6-2-1-3-7-18)33-35(28(21)34)25(24)27(36)32-23-14-13-20(30)16-22(23)31/h1-3,6-7,9-14,16H,4-5,8,15H2,(H,32,36). The zero-order valence-electron chi connectivity index (χ0n) is 19.1. The van der Waals surface area contributed by atoms with Gasteiger partial charge in [0.2, 0.25) is 0 Å². The smallest absolute Gasteiger partial charge is 0.162 e. The highest BCUT2D eigenvalue weighted by atomic mass is 35.5. The van der Waals surface area contributed by atoms with Crippen LogP contribution in [-0.2, 0) is 13.0 Å². The highest BCUT2D eigenvalue weighted by molar-refractivity contribution is 7.81. The van der Waals surface area contributed by atoms with E-state index in [2.05, 4.69) is 9.88 Å². The van der Waals surface area contributed by atoms with Gasteiger partial charge in [-0.25, -0.2) is 13.3 Å². The largest absolute Gasteiger partial charge is 0.342 e. The third-order valence-corrected chi connectivity index (χ3v) is 7.09. The molecule has 6 rings (SSSR count). The summed E-state index contributed by atoms with van der Waals surface area (Å²) in [7, 11) is 0. The van der Waals surface area contributed by atoms with Crippen molar-refractivity contribution in [3.63, 3.8) is 0 Å². The fourth-order valence-electron chi connectivity index (χ4n) is 4.95. The normalized spacial score (nSPS) is 13.1. The number of halogens is 3. The summed E-state index contributed by atoms with van der Waals surface area (Å²) in [6.45, 7) is 0.830. The van der Waals surface area contributed by atoms with Crippen LogP contribution in [0.25, 0.3) is 28.2 Å². The fraction of sp³-hybridized carbons (Fsp3) is 0.143. The van der Waals surface area contributed by atoms with Crippen molar-refractivity contribution >= 4 is 40.1 Å². The molecule has 3 aromatic carbocycles. The Kier molecular flexibility index (Phi) is 5.82. The lowest BCUT2D eigenvalue weighted by Gasteiger charge is -2.12. The molecule has 8 heteroatoms. The van der Waals surface area contributed by atoms with E-state index < -0.39 is 11.6 Å². The summed E-state index contributed by atoms with van der Waals surface area (Å²) >= 11 is 12.0. The molecule has 0 saturated carbocycles. The van der Waals surface area contributed by atoms with Crippen LogP contribution in [0, 0.1) is 11.6 Å². The third kappa shape index (κ3) is 3.88. The molecule has 0 radical (unpaired) electrons. The minimum atomic E-state index is -0.713. The van der Waals surface area contributed by atoms with Crippen molar-refractivity contribution in [1.82, 2.24) is 14.2 Å². The van der Waals surface area contributed by atoms with Crippen LogP contribution in [0.2, 0.25) is 5.02 Å². The maximum atomic E-state index is 14.5. The van der Waals surface area contributed by atoms with Crippen molar-refractivity contribution in [3.05, 3.63) is 101 Å². The minimum absolute atomic E-state index is 0.106. The molecule has 0 aliphatic carbocycles. The SMILES string of the molecule is Fc1ccc(NC(=S)c2c(-c3ccc(Cl)cc3)c3c4n(c(-c5ccccc5)nn24)CCCC3)c(F)c1. The first-order valence-electron chi connectivity index (χ1n) is 11.7. The number of rotatable bonds is 4. The monoisotopic (exact) mass is 518 g/mol. The first kappa shape index (κ1) is 22.9. The van der Waals surface area contributed by atoms with Crippen molar-refractivity contribution < 1.29 is 8.78 Å². The maximum absolute atomic E-state index is 14.5. The van der Waals surface area contributed by atoms with E-state index in [-0.39, 0.29) is 5.69 Å². The summed E-state index contributed by atoms with van der Waals surface area (Å²) in [5, 5.41) is 8.67. The van der Waals surface area contributed by atoms with Crippen molar-refractivity contribution in [2.75, 3.05) is 5.32 Å². The molecule has 36 heavy (non-hydrogen) atoms. The summed E-state index contributed by atoms with van der Waals surface area (Å²) < 4.78 is 32.2. The highest BCUT2D eigenvalue weighted by Gasteiger charge is 2.29. The number of hydrogen-bond donors (Lipinski definition) is 1. The molecule has 5 aromatic rings. The third-order valence-electron chi connectivity index (χ3n) is 6.54. The van der Waals surface area contributed by atoms with E-state index in [0.29, 0.717) is 15.7 Å². The van der Waals surface area contributed by atoms with Crippen LogP contribution >= 0.6 is 23.8 Å². The summed E-state index contributed by atoms with van der Waals surface area (Å²) in [6, 6.07) is 21.1. The Morgan fingerprint density at radius 2 is 1.72 bits per heavy atom. The van der Waals surface area contributed by atoms with E-state index in [0.717, 1.165) is 65.6 Å². The van der Waals surface area contributed by atoms with Crippen LogP contribution in [0.4, 0.5) is 14.5 Å². The van der Waals surface area contributed by atoms with Crippen molar-refractivity contribution in [3.8, 4) is 22.5 Å². The Hall–Kier alpha value is -3.55. The molecule has 2 aromatic heterocycles. The summed E-state index contributed by atoms with van der Waals surface area (Å²) in [4.78, 5) is 0.302. The Bertz CT molecular complexity index is 1610. The van der Waals surface area contributed by atoms with Gasteiger partial charge in [0.25, 0.3) is 0 Å². The Morgan fingerprint density at radius 3 is 2.47 bits per heavy atom. The number of anilines is 1. The average Bonchev–Trinajstić information content (AvgIpc) is 3.30. The van der Waals surface area contributed by atoms with Crippen LogP contribution in [0.15, 0.2) is 72.8 Å². The van der Waals surface area contributed by atoms with Gasteiger partial charge in [-0.1, -0.05) is 66.3 Å². The van der Waals surface area contributed by atoms with E-state index >= 15 is 0 Å². The number of nitrogens with one attached hydrogen (secondary N) is 1. The van der Waals surface area contributed by atoms with E-state index in [4.69, 9.17) is 28.9 Å². The van der Waals surface area contributed by atoms with Crippen molar-refractivity contribution in [2.24, 2.45) is 0 Å². The van der Waals surface area contributed by atoms with E-state index in [1.54, 1.807) is 0 Å². The van der Waals surface area contributed by atoms with Gasteiger partial charge in [-0.05, 0) is 49.1 Å². The Balaban J connectivity index is 1.61. The van der Waals surface area contributed by atoms with Gasteiger partial charge in [0, 0.05) is 34.3 Å². The Labute approximate surface area is 217 Å². The van der Waals surface area contributed by atoms with Gasteiger partial charge >= 0.3 is 0 Å². The van der Waals surface area contributed by atoms with Crippen LogP contribution in [0.3, 0.4) is 0 Å². The highest BCUT2D eigenvalue weighted by Crippen LogP contribution is 2.39. The number of aromatic nitrogens is 3. The molecular weight excluding hydrogens is 498 g/mol. The molecule has 1 N–H and O–H groups in total. The maximum Gasteiger partial charge on any atom is 0.162 e. The van der Waals surface area contributed by atoms with E-state index in [1.165, 1.54) is 12.1 Å². The molecule has 180 valence electrons. The fourth-order valence-corrected chi connectivity index (χ4v) is 5.37. The molecule has 0 saturated heterocycles. The molecule has 0 amide bonds. The molecule has 3 heterocycles. The van der Waals surface area contributed by atoms with Gasteiger partial charge in [0.15, 0.2) is 5.82 Å². The lowest BCUT2D eigenvalue weighted by Crippen LogP contribution is -2.16. The zero-order chi connectivity index (χ0) is 24.8. The second-order valence-corrected chi connectivity index (χ2v) is 9.67. The van der Waals surface area contributed by atoms with E-state index in [1.807, 2.05) is 59.1 Å². The molecule has 0 spiro atoms. The molecular formula is C28H21ClF2N4S. The number of thiocarbonyl (C=S) groups is 1. The average molecular weight is 519 g/mol. The molecule has 4 nitrogen and oxygen atoms in total. The van der Waals surface area contributed by atoms with Crippen molar-refractivity contribution in [2.45, 2.75) is 25.8 Å². The lowest BCUT2D eigenvalue weighted by molar-refractivity contribution is 0.586.